The lowest BCUT2D eigenvalue weighted by atomic mass is 10.2. The number of nitro groups is 1. The summed E-state index contributed by atoms with van der Waals surface area (Å²) in [6.07, 6.45) is 0. The maximum absolute atomic E-state index is 12.0. The number of hydrogen-bond donors (Lipinski definition) is 0. The molecule has 0 aliphatic rings. The molecule has 0 spiro atoms. The normalized spacial score (nSPS) is 10.6. The highest BCUT2D eigenvalue weighted by atomic mass is 16.7. The molecule has 0 unspecified atom stereocenters. The largest absolute Gasteiger partial charge is 0.453 e. The van der Waals surface area contributed by atoms with Gasteiger partial charge in [-0.2, -0.15) is 0 Å². The van der Waals surface area contributed by atoms with Gasteiger partial charge in [0.1, 0.15) is 10.5 Å². The van der Waals surface area contributed by atoms with Gasteiger partial charge in [0, 0.05) is 5.39 Å². The fourth-order valence-corrected chi connectivity index (χ4v) is 1.93. The summed E-state index contributed by atoms with van der Waals surface area (Å²) in [6.45, 7) is -0.562. The highest BCUT2D eigenvalue weighted by Gasteiger charge is 2.20. The zero-order chi connectivity index (χ0) is 16.4. The fraction of sp³-hybridized carbons (Fsp3) is 0.0667. The Morgan fingerprint density at radius 2 is 1.87 bits per heavy atom. The molecule has 8 nitrogen and oxygen atoms in total. The van der Waals surface area contributed by atoms with Gasteiger partial charge in [0.15, 0.2) is 12.4 Å². The van der Waals surface area contributed by atoms with Crippen LogP contribution >= 0.6 is 0 Å². The van der Waals surface area contributed by atoms with Gasteiger partial charge in [-0.05, 0) is 18.2 Å². The number of carbonyl (C=O) groups is 2. The molecule has 23 heavy (non-hydrogen) atoms. The van der Waals surface area contributed by atoms with Crippen LogP contribution in [0, 0.1) is 10.1 Å². The molecular formula is C15H9NO7. The van der Waals surface area contributed by atoms with Gasteiger partial charge in [-0.3, -0.25) is 14.9 Å². The third kappa shape index (κ3) is 2.95. The van der Waals surface area contributed by atoms with Crippen molar-refractivity contribution in [3.63, 3.8) is 0 Å². The molecule has 0 saturated heterocycles. The van der Waals surface area contributed by atoms with Gasteiger partial charge in [0.05, 0.1) is 6.07 Å². The van der Waals surface area contributed by atoms with Crippen LogP contribution in [0.4, 0.5) is 5.88 Å². The first-order chi connectivity index (χ1) is 11.0. The van der Waals surface area contributed by atoms with Crippen molar-refractivity contribution >= 4 is 28.6 Å². The summed E-state index contributed by atoms with van der Waals surface area (Å²) < 4.78 is 14.8. The smallest absolute Gasteiger partial charge is 0.433 e. The molecule has 0 amide bonds. The maximum Gasteiger partial charge on any atom is 0.433 e. The third-order valence-corrected chi connectivity index (χ3v) is 3.01. The van der Waals surface area contributed by atoms with Crippen LogP contribution in [0.1, 0.15) is 21.1 Å². The minimum Gasteiger partial charge on any atom is -0.453 e. The Bertz CT molecular complexity index is 872. The number of furan rings is 2. The van der Waals surface area contributed by atoms with E-state index in [1.807, 2.05) is 0 Å². The number of rotatable bonds is 5. The molecule has 2 aromatic heterocycles. The highest BCUT2D eigenvalue weighted by molar-refractivity contribution is 5.99. The molecule has 0 radical (unpaired) electrons. The van der Waals surface area contributed by atoms with E-state index in [9.17, 15) is 19.7 Å². The molecule has 3 rings (SSSR count). The molecule has 1 aromatic carbocycles. The molecule has 2 heterocycles. The topological polar surface area (TPSA) is 113 Å². The Balaban J connectivity index is 1.65. The quantitative estimate of drug-likeness (QED) is 0.308. The number of Topliss-reactive ketones (excluding diaryl/α,β-unsaturated/α-hetero) is 1. The second kappa shape index (κ2) is 5.76. The minimum absolute atomic E-state index is 0.0597. The summed E-state index contributed by atoms with van der Waals surface area (Å²) in [5, 5.41) is 11.2. The van der Waals surface area contributed by atoms with Gasteiger partial charge in [0.2, 0.25) is 11.5 Å². The zero-order valence-electron chi connectivity index (χ0n) is 11.6. The molecule has 0 aliphatic carbocycles. The number of fused-ring (bicyclic) bond motifs is 1. The van der Waals surface area contributed by atoms with Gasteiger partial charge >= 0.3 is 11.9 Å². The van der Waals surface area contributed by atoms with Gasteiger partial charge in [-0.15, -0.1) is 0 Å². The van der Waals surface area contributed by atoms with Crippen LogP contribution in [0.25, 0.3) is 11.0 Å². The number of carbonyl (C=O) groups excluding carboxylic acids is 2. The van der Waals surface area contributed by atoms with E-state index in [0.29, 0.717) is 5.58 Å². The van der Waals surface area contributed by atoms with Crippen molar-refractivity contribution in [1.29, 1.82) is 0 Å². The Morgan fingerprint density at radius 3 is 2.57 bits per heavy atom. The zero-order valence-corrected chi connectivity index (χ0v) is 11.6. The lowest BCUT2D eigenvalue weighted by Gasteiger charge is -1.99. The lowest BCUT2D eigenvalue weighted by Crippen LogP contribution is -2.13. The second-order valence-corrected chi connectivity index (χ2v) is 4.54. The minimum atomic E-state index is -0.970. The van der Waals surface area contributed by atoms with E-state index in [2.05, 4.69) is 4.42 Å². The van der Waals surface area contributed by atoms with Crippen LogP contribution in [0.15, 0.2) is 51.3 Å². The van der Waals surface area contributed by atoms with E-state index in [-0.39, 0.29) is 11.5 Å². The predicted molar refractivity (Wildman–Crippen MR) is 76.2 cm³/mol. The molecule has 0 aliphatic heterocycles. The van der Waals surface area contributed by atoms with Crippen molar-refractivity contribution in [3.05, 3.63) is 64.1 Å². The van der Waals surface area contributed by atoms with E-state index < -0.39 is 29.2 Å². The van der Waals surface area contributed by atoms with Gasteiger partial charge in [0.25, 0.3) is 0 Å². The van der Waals surface area contributed by atoms with E-state index in [0.717, 1.165) is 17.5 Å². The average Bonchev–Trinajstić information content (AvgIpc) is 3.18. The Hall–Kier alpha value is -3.42. The number of ketones is 1. The summed E-state index contributed by atoms with van der Waals surface area (Å²) >= 11 is 0. The summed E-state index contributed by atoms with van der Waals surface area (Å²) in [5.41, 5.74) is 0.545. The first kappa shape index (κ1) is 14.5. The van der Waals surface area contributed by atoms with Crippen LogP contribution in [0.5, 0.6) is 0 Å². The van der Waals surface area contributed by atoms with Crippen LogP contribution < -0.4 is 0 Å². The molecular weight excluding hydrogens is 306 g/mol. The molecule has 3 aromatic rings. The average molecular weight is 315 g/mol. The first-order valence-electron chi connectivity index (χ1n) is 6.48. The van der Waals surface area contributed by atoms with E-state index in [4.69, 9.17) is 9.15 Å². The third-order valence-electron chi connectivity index (χ3n) is 3.01. The highest BCUT2D eigenvalue weighted by Crippen LogP contribution is 2.20. The number of esters is 1. The van der Waals surface area contributed by atoms with Gasteiger partial charge < -0.3 is 13.6 Å². The number of ether oxygens (including phenoxy) is 1. The molecule has 0 saturated carbocycles. The fourth-order valence-electron chi connectivity index (χ4n) is 1.93. The van der Waals surface area contributed by atoms with Crippen molar-refractivity contribution in [2.24, 2.45) is 0 Å². The Morgan fingerprint density at radius 1 is 1.09 bits per heavy atom. The van der Waals surface area contributed by atoms with E-state index >= 15 is 0 Å². The van der Waals surface area contributed by atoms with Crippen LogP contribution in [-0.2, 0) is 4.74 Å². The monoisotopic (exact) mass is 315 g/mol. The first-order valence-corrected chi connectivity index (χ1v) is 6.48. The summed E-state index contributed by atoms with van der Waals surface area (Å²) in [6, 6.07) is 10.7. The molecule has 0 bridgehead atoms. The molecule has 0 atom stereocenters. The summed E-state index contributed by atoms with van der Waals surface area (Å²) in [4.78, 5) is 33.3. The van der Waals surface area contributed by atoms with Crippen LogP contribution in [0.3, 0.4) is 0 Å². The molecule has 116 valence electrons. The second-order valence-electron chi connectivity index (χ2n) is 4.54. The maximum atomic E-state index is 12.0. The SMILES string of the molecule is O=C(COC(=O)c1ccc([N+](=O)[O-])o1)c1cc2ccccc2o1. The van der Waals surface area contributed by atoms with Crippen LogP contribution in [0.2, 0.25) is 0 Å². The van der Waals surface area contributed by atoms with E-state index in [1.54, 1.807) is 30.3 Å². The Labute approximate surface area is 128 Å². The summed E-state index contributed by atoms with van der Waals surface area (Å²) in [7, 11) is 0. The number of hydrogen-bond acceptors (Lipinski definition) is 7. The molecule has 0 fully saturated rings. The number of nitrogens with zero attached hydrogens (tertiary/aromatic N) is 1. The summed E-state index contributed by atoms with van der Waals surface area (Å²) in [5.74, 6) is -2.38. The van der Waals surface area contributed by atoms with Crippen molar-refractivity contribution in [3.8, 4) is 0 Å². The molecule has 8 heteroatoms. The number of benzene rings is 1. The Kier molecular flexibility index (Phi) is 3.63. The predicted octanol–water partition coefficient (Wildman–Crippen LogP) is 2.97. The van der Waals surface area contributed by atoms with Crippen molar-refractivity contribution in [2.45, 2.75) is 0 Å². The molecule has 0 N–H and O–H groups in total. The lowest BCUT2D eigenvalue weighted by molar-refractivity contribution is -0.402. The standard InChI is InChI=1S/C15H9NO7/c17-10(13-7-9-3-1-2-4-11(9)22-13)8-21-15(18)12-5-6-14(23-12)16(19)20/h1-7H,8H2. The number of para-hydroxylation sites is 1. The van der Waals surface area contributed by atoms with E-state index in [1.165, 1.54) is 0 Å². The van der Waals surface area contributed by atoms with Gasteiger partial charge in [-0.25, -0.2) is 4.79 Å². The van der Waals surface area contributed by atoms with Crippen molar-refractivity contribution in [2.75, 3.05) is 6.61 Å². The van der Waals surface area contributed by atoms with Crippen molar-refractivity contribution < 1.29 is 28.1 Å². The van der Waals surface area contributed by atoms with Crippen LogP contribution in [-0.4, -0.2) is 23.3 Å². The van der Waals surface area contributed by atoms with Gasteiger partial charge in [-0.1, -0.05) is 18.2 Å². The van der Waals surface area contributed by atoms with Crippen molar-refractivity contribution in [1.82, 2.24) is 0 Å².